The summed E-state index contributed by atoms with van der Waals surface area (Å²) in [5, 5.41) is 0. The fourth-order valence-corrected chi connectivity index (χ4v) is 2.51. The number of sulfone groups is 1. The second kappa shape index (κ2) is 5.28. The summed E-state index contributed by atoms with van der Waals surface area (Å²) < 4.78 is 36.1. The Kier molecular flexibility index (Phi) is 4.35. The Hall–Kier alpha value is -1.43. The number of nitrogens with two attached hydrogens (primary N) is 1. The minimum absolute atomic E-state index is 0.0316. The van der Waals surface area contributed by atoms with Crippen molar-refractivity contribution in [2.75, 3.05) is 11.5 Å². The van der Waals surface area contributed by atoms with Gasteiger partial charge in [0.2, 0.25) is 0 Å². The van der Waals surface area contributed by atoms with Gasteiger partial charge in [-0.3, -0.25) is 4.79 Å². The molecule has 4 nitrogen and oxygen atoms in total. The van der Waals surface area contributed by atoms with Gasteiger partial charge in [-0.1, -0.05) is 6.07 Å². The number of Topliss-reactive ketones (excluding diaryl/α,β-unsaturated/α-hetero) is 1. The quantitative estimate of drug-likeness (QED) is 0.680. The second-order valence-corrected chi connectivity index (χ2v) is 8.17. The summed E-state index contributed by atoms with van der Waals surface area (Å²) >= 11 is 0. The van der Waals surface area contributed by atoms with E-state index in [0.717, 1.165) is 6.07 Å². The highest BCUT2D eigenvalue weighted by molar-refractivity contribution is 7.92. The molecule has 0 bridgehead atoms. The standard InChI is InChI=1S/C13H18FNO3S/c1-13(2,3)19(17,18)8-7-11(16)9-5-4-6-10(14)12(9)15/h4-6H,7-8,15H2,1-3H3. The number of ketones is 1. The highest BCUT2D eigenvalue weighted by Gasteiger charge is 2.29. The number of hydrogen-bond acceptors (Lipinski definition) is 4. The van der Waals surface area contributed by atoms with E-state index in [0.29, 0.717) is 0 Å². The number of hydrogen-bond donors (Lipinski definition) is 1. The maximum Gasteiger partial charge on any atom is 0.166 e. The summed E-state index contributed by atoms with van der Waals surface area (Å²) in [7, 11) is -3.38. The maximum absolute atomic E-state index is 13.2. The summed E-state index contributed by atoms with van der Waals surface area (Å²) in [6.07, 6.45) is -0.201. The van der Waals surface area contributed by atoms with E-state index in [4.69, 9.17) is 5.73 Å². The van der Waals surface area contributed by atoms with E-state index in [9.17, 15) is 17.6 Å². The van der Waals surface area contributed by atoms with Gasteiger partial charge in [-0.2, -0.15) is 0 Å². The van der Waals surface area contributed by atoms with E-state index in [1.807, 2.05) is 0 Å². The van der Waals surface area contributed by atoms with Crippen LogP contribution in [-0.4, -0.2) is 24.7 Å². The first-order chi connectivity index (χ1) is 8.56. The monoisotopic (exact) mass is 287 g/mol. The van der Waals surface area contributed by atoms with Crippen molar-refractivity contribution >= 4 is 21.3 Å². The molecule has 0 aromatic heterocycles. The van der Waals surface area contributed by atoms with E-state index >= 15 is 0 Å². The Balaban J connectivity index is 2.86. The second-order valence-electron chi connectivity index (χ2n) is 5.31. The third kappa shape index (κ3) is 3.53. The molecular weight excluding hydrogens is 269 g/mol. The Morgan fingerprint density at radius 1 is 1.32 bits per heavy atom. The lowest BCUT2D eigenvalue weighted by Gasteiger charge is -2.18. The number of carbonyl (C=O) groups excluding carboxylic acids is 1. The van der Waals surface area contributed by atoms with Crippen LogP contribution in [0.5, 0.6) is 0 Å². The Bertz CT molecular complexity index is 588. The number of halogens is 1. The highest BCUT2D eigenvalue weighted by Crippen LogP contribution is 2.20. The van der Waals surface area contributed by atoms with Crippen LogP contribution in [0, 0.1) is 5.82 Å². The molecule has 0 atom stereocenters. The summed E-state index contributed by atoms with van der Waals surface area (Å²) in [5.41, 5.74) is 5.26. The van der Waals surface area contributed by atoms with Crippen molar-refractivity contribution in [3.8, 4) is 0 Å². The molecule has 0 aliphatic carbocycles. The summed E-state index contributed by atoms with van der Waals surface area (Å²) in [6, 6.07) is 3.92. The zero-order chi connectivity index (χ0) is 14.8. The normalized spacial score (nSPS) is 12.4. The number of rotatable bonds is 4. The summed E-state index contributed by atoms with van der Waals surface area (Å²) in [4.78, 5) is 11.9. The molecule has 0 aliphatic rings. The molecule has 0 radical (unpaired) electrons. The summed E-state index contributed by atoms with van der Waals surface area (Å²) in [5.74, 6) is -1.42. The van der Waals surface area contributed by atoms with Crippen molar-refractivity contribution in [3.63, 3.8) is 0 Å². The molecule has 0 unspecified atom stereocenters. The lowest BCUT2D eigenvalue weighted by atomic mass is 10.1. The van der Waals surface area contributed by atoms with Crippen LogP contribution < -0.4 is 5.73 Å². The molecule has 1 aromatic rings. The first-order valence-electron chi connectivity index (χ1n) is 5.86. The first-order valence-corrected chi connectivity index (χ1v) is 7.51. The molecule has 19 heavy (non-hydrogen) atoms. The number of nitrogen functional groups attached to an aromatic ring is 1. The van der Waals surface area contributed by atoms with Gasteiger partial charge in [0.25, 0.3) is 0 Å². The predicted octanol–water partition coefficient (Wildman–Crippen LogP) is 2.19. The molecular formula is C13H18FNO3S. The Morgan fingerprint density at radius 3 is 2.42 bits per heavy atom. The summed E-state index contributed by atoms with van der Waals surface area (Å²) in [6.45, 7) is 4.72. The van der Waals surface area contributed by atoms with Crippen LogP contribution in [-0.2, 0) is 9.84 Å². The molecule has 0 amide bonds. The fraction of sp³-hybridized carbons (Fsp3) is 0.462. The van der Waals surface area contributed by atoms with Crippen LogP contribution in [0.1, 0.15) is 37.6 Å². The largest absolute Gasteiger partial charge is 0.396 e. The highest BCUT2D eigenvalue weighted by atomic mass is 32.2. The zero-order valence-corrected chi connectivity index (χ0v) is 12.1. The van der Waals surface area contributed by atoms with Gasteiger partial charge in [-0.25, -0.2) is 12.8 Å². The third-order valence-corrected chi connectivity index (χ3v) is 5.49. The smallest absolute Gasteiger partial charge is 0.166 e. The van der Waals surface area contributed by atoms with Crippen LogP contribution in [0.3, 0.4) is 0 Å². The van der Waals surface area contributed by atoms with E-state index in [1.165, 1.54) is 12.1 Å². The van der Waals surface area contributed by atoms with Gasteiger partial charge in [0.05, 0.1) is 16.2 Å². The molecule has 1 aromatic carbocycles. The van der Waals surface area contributed by atoms with Gasteiger partial charge < -0.3 is 5.73 Å². The van der Waals surface area contributed by atoms with Crippen LogP contribution in [0.2, 0.25) is 0 Å². The number of para-hydroxylation sites is 1. The van der Waals surface area contributed by atoms with Crippen molar-refractivity contribution in [3.05, 3.63) is 29.6 Å². The van der Waals surface area contributed by atoms with Crippen molar-refractivity contribution in [1.29, 1.82) is 0 Å². The fourth-order valence-electron chi connectivity index (χ4n) is 1.45. The van der Waals surface area contributed by atoms with Crippen molar-refractivity contribution in [2.45, 2.75) is 31.9 Å². The third-order valence-electron chi connectivity index (χ3n) is 2.88. The van der Waals surface area contributed by atoms with Gasteiger partial charge >= 0.3 is 0 Å². The molecule has 0 saturated heterocycles. The van der Waals surface area contributed by atoms with Crippen LogP contribution in [0.15, 0.2) is 18.2 Å². The maximum atomic E-state index is 13.2. The number of anilines is 1. The molecule has 6 heteroatoms. The van der Waals surface area contributed by atoms with E-state index < -0.39 is 26.2 Å². The molecule has 0 saturated carbocycles. The van der Waals surface area contributed by atoms with Crippen LogP contribution in [0.4, 0.5) is 10.1 Å². The van der Waals surface area contributed by atoms with E-state index in [1.54, 1.807) is 20.8 Å². The van der Waals surface area contributed by atoms with Crippen molar-refractivity contribution in [2.24, 2.45) is 0 Å². The molecule has 2 N–H and O–H groups in total. The Morgan fingerprint density at radius 2 is 1.89 bits per heavy atom. The van der Waals surface area contributed by atoms with Gasteiger partial charge in [0.1, 0.15) is 5.82 Å². The minimum atomic E-state index is -3.38. The zero-order valence-electron chi connectivity index (χ0n) is 11.2. The molecule has 0 heterocycles. The van der Waals surface area contributed by atoms with Crippen LogP contribution in [0.25, 0.3) is 0 Å². The minimum Gasteiger partial charge on any atom is -0.396 e. The molecule has 1 rings (SSSR count). The average molecular weight is 287 g/mol. The average Bonchev–Trinajstić information content (AvgIpc) is 2.28. The van der Waals surface area contributed by atoms with E-state index in [-0.39, 0.29) is 23.4 Å². The SMILES string of the molecule is CC(C)(C)S(=O)(=O)CCC(=O)c1cccc(F)c1N. The molecule has 0 spiro atoms. The van der Waals surface area contributed by atoms with Gasteiger partial charge in [-0.05, 0) is 32.9 Å². The molecule has 106 valence electrons. The van der Waals surface area contributed by atoms with E-state index in [2.05, 4.69) is 0 Å². The van der Waals surface area contributed by atoms with Crippen LogP contribution >= 0.6 is 0 Å². The molecule has 0 fully saturated rings. The van der Waals surface area contributed by atoms with Crippen molar-refractivity contribution in [1.82, 2.24) is 0 Å². The first kappa shape index (κ1) is 15.6. The molecule has 0 aliphatic heterocycles. The lowest BCUT2D eigenvalue weighted by molar-refractivity contribution is 0.0989. The van der Waals surface area contributed by atoms with Gasteiger partial charge in [0, 0.05) is 12.0 Å². The topological polar surface area (TPSA) is 77.2 Å². The lowest BCUT2D eigenvalue weighted by Crippen LogP contribution is -2.31. The van der Waals surface area contributed by atoms with Crippen molar-refractivity contribution < 1.29 is 17.6 Å². The van der Waals surface area contributed by atoms with Gasteiger partial charge in [-0.15, -0.1) is 0 Å². The van der Waals surface area contributed by atoms with Gasteiger partial charge in [0.15, 0.2) is 15.6 Å². The Labute approximate surface area is 112 Å². The number of benzene rings is 1. The number of carbonyl (C=O) groups is 1. The predicted molar refractivity (Wildman–Crippen MR) is 73.3 cm³/mol.